The maximum absolute atomic E-state index is 13.3. The van der Waals surface area contributed by atoms with E-state index in [-0.39, 0.29) is 18.0 Å². The van der Waals surface area contributed by atoms with Crippen LogP contribution in [0.5, 0.6) is 5.75 Å². The fourth-order valence-electron chi connectivity index (χ4n) is 4.33. The van der Waals surface area contributed by atoms with E-state index in [1.54, 1.807) is 4.90 Å². The highest BCUT2D eigenvalue weighted by Gasteiger charge is 2.54. The largest absolute Gasteiger partial charge is 0.435 e. The van der Waals surface area contributed by atoms with Crippen LogP contribution in [0, 0.1) is 0 Å². The highest BCUT2D eigenvalue weighted by atomic mass is 19.4. The first-order valence-electron chi connectivity index (χ1n) is 10.0. The lowest BCUT2D eigenvalue weighted by Gasteiger charge is -2.29. The van der Waals surface area contributed by atoms with Crippen LogP contribution in [0.25, 0.3) is 0 Å². The summed E-state index contributed by atoms with van der Waals surface area (Å²) in [7, 11) is 0. The van der Waals surface area contributed by atoms with Crippen LogP contribution in [0.4, 0.5) is 27.6 Å². The van der Waals surface area contributed by atoms with Crippen molar-refractivity contribution in [2.75, 3.05) is 18.0 Å². The summed E-state index contributed by atoms with van der Waals surface area (Å²) < 4.78 is 71.3. The quantitative estimate of drug-likeness (QED) is 0.538. The second-order valence-electron chi connectivity index (χ2n) is 7.75. The summed E-state index contributed by atoms with van der Waals surface area (Å²) in [5.74, 6) is 0.695. The molecular formula is C22H22F5N2O2+. The molecule has 9 heteroatoms. The number of nitrogens with zero attached hydrogens (tertiary/aromatic N) is 2. The van der Waals surface area contributed by atoms with Gasteiger partial charge < -0.3 is 9.84 Å². The van der Waals surface area contributed by atoms with Crippen LogP contribution in [0.15, 0.2) is 48.5 Å². The van der Waals surface area contributed by atoms with Crippen LogP contribution in [-0.2, 0) is 11.9 Å². The lowest BCUT2D eigenvalue weighted by Crippen LogP contribution is -2.47. The van der Waals surface area contributed by atoms with E-state index >= 15 is 0 Å². The number of ether oxygens (including phenoxy) is 1. The van der Waals surface area contributed by atoms with E-state index in [1.807, 2.05) is 4.58 Å². The summed E-state index contributed by atoms with van der Waals surface area (Å²) in [5, 5.41) is 11.8. The third-order valence-corrected chi connectivity index (χ3v) is 5.71. The molecule has 0 aliphatic carbocycles. The average molecular weight is 441 g/mol. The van der Waals surface area contributed by atoms with Crippen molar-refractivity contribution in [2.45, 2.75) is 44.2 Å². The Balaban J connectivity index is 1.78. The summed E-state index contributed by atoms with van der Waals surface area (Å²) in [4.78, 5) is 1.55. The number of benzene rings is 2. The first-order chi connectivity index (χ1) is 14.7. The average Bonchev–Trinajstić information content (AvgIpc) is 2.83. The molecule has 2 aliphatic rings. The number of amidine groups is 1. The number of hydrogen-bond acceptors (Lipinski definition) is 3. The zero-order valence-electron chi connectivity index (χ0n) is 16.6. The summed E-state index contributed by atoms with van der Waals surface area (Å²) >= 11 is 0. The van der Waals surface area contributed by atoms with Gasteiger partial charge in [0.2, 0.25) is 0 Å². The normalized spacial score (nSPS) is 22.0. The maximum atomic E-state index is 13.3. The van der Waals surface area contributed by atoms with Crippen LogP contribution in [-0.4, -0.2) is 35.2 Å². The number of alkyl halides is 5. The van der Waals surface area contributed by atoms with Crippen LogP contribution in [0.2, 0.25) is 0 Å². The second kappa shape index (κ2) is 8.11. The molecule has 0 radical (unpaired) electrons. The van der Waals surface area contributed by atoms with Crippen LogP contribution >= 0.6 is 0 Å². The Kier molecular flexibility index (Phi) is 5.63. The smallest absolute Gasteiger partial charge is 0.416 e. The fourth-order valence-corrected chi connectivity index (χ4v) is 4.33. The van der Waals surface area contributed by atoms with Crippen LogP contribution < -0.4 is 9.64 Å². The van der Waals surface area contributed by atoms with Gasteiger partial charge in [0.15, 0.2) is 6.54 Å². The Morgan fingerprint density at radius 3 is 2.45 bits per heavy atom. The Hall–Kier alpha value is -2.68. The van der Waals surface area contributed by atoms with Gasteiger partial charge in [0.1, 0.15) is 11.4 Å². The number of hydrogen-bond donors (Lipinski definition) is 1. The van der Waals surface area contributed by atoms with E-state index in [9.17, 15) is 27.1 Å². The van der Waals surface area contributed by atoms with Crippen molar-refractivity contribution >= 4 is 11.5 Å². The monoisotopic (exact) mass is 441 g/mol. The van der Waals surface area contributed by atoms with Crippen molar-refractivity contribution in [1.82, 2.24) is 0 Å². The summed E-state index contributed by atoms with van der Waals surface area (Å²) in [5.41, 5.74) is -1.85. The fraction of sp³-hybridized carbons (Fsp3) is 0.409. The van der Waals surface area contributed by atoms with Gasteiger partial charge in [-0.25, -0.2) is 0 Å². The Labute approximate surface area is 176 Å². The lowest BCUT2D eigenvalue weighted by molar-refractivity contribution is -0.534. The molecule has 2 aromatic rings. The molecule has 1 atom stereocenters. The van der Waals surface area contributed by atoms with Gasteiger partial charge in [0.25, 0.3) is 11.6 Å². The minimum absolute atomic E-state index is 0.0619. The van der Waals surface area contributed by atoms with Crippen molar-refractivity contribution in [3.05, 3.63) is 59.7 Å². The minimum Gasteiger partial charge on any atom is -0.435 e. The summed E-state index contributed by atoms with van der Waals surface area (Å²) in [6, 6.07) is 10.4. The summed E-state index contributed by atoms with van der Waals surface area (Å²) in [6.07, 6.45) is -1.13. The van der Waals surface area contributed by atoms with Gasteiger partial charge in [0, 0.05) is 12.0 Å². The van der Waals surface area contributed by atoms with Crippen molar-refractivity contribution in [2.24, 2.45) is 0 Å². The van der Waals surface area contributed by atoms with E-state index in [4.69, 9.17) is 0 Å². The first-order valence-corrected chi connectivity index (χ1v) is 10.0. The van der Waals surface area contributed by atoms with Crippen molar-refractivity contribution in [1.29, 1.82) is 0 Å². The third kappa shape index (κ3) is 4.23. The molecule has 2 aliphatic heterocycles. The predicted octanol–water partition coefficient (Wildman–Crippen LogP) is 4.96. The van der Waals surface area contributed by atoms with Crippen molar-refractivity contribution in [3.8, 4) is 5.75 Å². The Morgan fingerprint density at radius 2 is 1.77 bits per heavy atom. The predicted molar refractivity (Wildman–Crippen MR) is 104 cm³/mol. The molecule has 2 aromatic carbocycles. The van der Waals surface area contributed by atoms with E-state index in [0.29, 0.717) is 18.5 Å². The second-order valence-corrected chi connectivity index (χ2v) is 7.75. The minimum atomic E-state index is -4.52. The third-order valence-electron chi connectivity index (χ3n) is 5.71. The molecule has 1 N–H and O–H groups in total. The summed E-state index contributed by atoms with van der Waals surface area (Å²) in [6.45, 7) is -2.14. The van der Waals surface area contributed by atoms with Gasteiger partial charge in [-0.3, -0.25) is 4.58 Å². The van der Waals surface area contributed by atoms with Gasteiger partial charge in [-0.05, 0) is 61.7 Å². The van der Waals surface area contributed by atoms with E-state index in [0.717, 1.165) is 37.2 Å². The van der Waals surface area contributed by atoms with Gasteiger partial charge >= 0.3 is 12.8 Å². The Bertz CT molecular complexity index is 975. The molecule has 31 heavy (non-hydrogen) atoms. The molecule has 1 unspecified atom stereocenters. The van der Waals surface area contributed by atoms with E-state index in [2.05, 4.69) is 4.74 Å². The molecule has 4 rings (SSSR count). The number of aliphatic hydroxyl groups is 1. The Morgan fingerprint density at radius 1 is 1.03 bits per heavy atom. The molecule has 0 spiro atoms. The van der Waals surface area contributed by atoms with Gasteiger partial charge in [0.05, 0.1) is 12.1 Å². The zero-order chi connectivity index (χ0) is 22.2. The van der Waals surface area contributed by atoms with Crippen LogP contribution in [0.3, 0.4) is 0 Å². The van der Waals surface area contributed by atoms with Crippen LogP contribution in [0.1, 0.15) is 36.8 Å². The molecule has 0 saturated carbocycles. The molecule has 0 saturated heterocycles. The highest BCUT2D eigenvalue weighted by Crippen LogP contribution is 2.40. The van der Waals surface area contributed by atoms with Gasteiger partial charge in [-0.1, -0.05) is 6.07 Å². The van der Waals surface area contributed by atoms with Gasteiger partial charge in [-0.15, -0.1) is 0 Å². The SMILES string of the molecule is OC1(c2ccc(OC(F)F)cc2)C[N+]2=C(CCCCC2)N1c1cccc(C(F)(F)F)c1. The number of anilines is 1. The van der Waals surface area contributed by atoms with Gasteiger partial charge in [-0.2, -0.15) is 26.9 Å². The molecular weight excluding hydrogens is 419 g/mol. The van der Waals surface area contributed by atoms with E-state index < -0.39 is 24.1 Å². The first kappa shape index (κ1) is 21.5. The van der Waals surface area contributed by atoms with Crippen molar-refractivity contribution in [3.63, 3.8) is 0 Å². The molecule has 0 aromatic heterocycles. The molecule has 0 bridgehead atoms. The number of halogens is 5. The maximum Gasteiger partial charge on any atom is 0.416 e. The molecule has 4 nitrogen and oxygen atoms in total. The molecule has 2 heterocycles. The molecule has 166 valence electrons. The highest BCUT2D eigenvalue weighted by molar-refractivity contribution is 5.97. The topological polar surface area (TPSA) is 35.7 Å². The van der Waals surface area contributed by atoms with Crippen molar-refractivity contribution < 1.29 is 36.4 Å². The molecule has 0 amide bonds. The van der Waals surface area contributed by atoms with E-state index in [1.165, 1.54) is 36.4 Å². The molecule has 0 fully saturated rings. The number of rotatable bonds is 4. The zero-order valence-corrected chi connectivity index (χ0v) is 16.6. The lowest BCUT2D eigenvalue weighted by atomic mass is 9.99. The standard InChI is InChI=1S/C22H22F5N2O2/c23-20(24)31-18-10-8-15(9-11-18)21(30)14-28-12-3-1-2-7-19(28)29(21)17-6-4-5-16(13-17)22(25,26)27/h4-6,8-11,13,20,30H,1-3,7,12,14H2/q+1.